The van der Waals surface area contributed by atoms with Crippen LogP contribution in [0.1, 0.15) is 18.1 Å². The van der Waals surface area contributed by atoms with Crippen molar-refractivity contribution in [2.75, 3.05) is 0 Å². The zero-order valence-corrected chi connectivity index (χ0v) is 14.1. The molecule has 1 heterocycles. The molecule has 0 atom stereocenters. The predicted molar refractivity (Wildman–Crippen MR) is 104 cm³/mol. The van der Waals surface area contributed by atoms with Crippen molar-refractivity contribution in [3.8, 4) is 16.8 Å². The molecular weight excluding hydrogens is 304 g/mol. The van der Waals surface area contributed by atoms with E-state index in [2.05, 4.69) is 89.5 Å². The molecule has 0 amide bonds. The van der Waals surface area contributed by atoms with Crippen molar-refractivity contribution in [3.63, 3.8) is 0 Å². The SMILES string of the molecule is CC1=Cc2c(cc(-n3ncc4ccccc43)cc2-c2ccccc2)C1. The van der Waals surface area contributed by atoms with Gasteiger partial charge in [-0.1, -0.05) is 60.2 Å². The fraction of sp³-hybridized carbons (Fsp3) is 0.0870. The first-order chi connectivity index (χ1) is 12.3. The van der Waals surface area contributed by atoms with Gasteiger partial charge in [-0.2, -0.15) is 5.10 Å². The summed E-state index contributed by atoms with van der Waals surface area (Å²) in [5.41, 5.74) is 8.95. The summed E-state index contributed by atoms with van der Waals surface area (Å²) in [6.07, 6.45) is 5.28. The van der Waals surface area contributed by atoms with Crippen LogP contribution >= 0.6 is 0 Å². The van der Waals surface area contributed by atoms with Gasteiger partial charge < -0.3 is 0 Å². The third-order valence-corrected chi connectivity index (χ3v) is 4.92. The van der Waals surface area contributed by atoms with Crippen molar-refractivity contribution in [1.82, 2.24) is 9.78 Å². The lowest BCUT2D eigenvalue weighted by atomic mass is 9.96. The summed E-state index contributed by atoms with van der Waals surface area (Å²) in [6, 6.07) is 23.5. The topological polar surface area (TPSA) is 17.8 Å². The van der Waals surface area contributed by atoms with Gasteiger partial charge >= 0.3 is 0 Å². The van der Waals surface area contributed by atoms with E-state index in [-0.39, 0.29) is 0 Å². The number of fused-ring (bicyclic) bond motifs is 2. The summed E-state index contributed by atoms with van der Waals surface area (Å²) in [5.74, 6) is 0. The highest BCUT2D eigenvalue weighted by molar-refractivity contribution is 5.84. The second-order valence-electron chi connectivity index (χ2n) is 6.71. The van der Waals surface area contributed by atoms with Crippen LogP contribution in [0.4, 0.5) is 0 Å². The van der Waals surface area contributed by atoms with Crippen molar-refractivity contribution >= 4 is 17.0 Å². The molecule has 1 aliphatic rings. The molecule has 0 unspecified atom stereocenters. The number of aromatic nitrogens is 2. The van der Waals surface area contributed by atoms with E-state index in [1.807, 2.05) is 6.20 Å². The van der Waals surface area contributed by atoms with E-state index in [4.69, 9.17) is 0 Å². The molecule has 2 nitrogen and oxygen atoms in total. The summed E-state index contributed by atoms with van der Waals surface area (Å²) < 4.78 is 2.05. The molecule has 2 heteroatoms. The molecule has 4 aromatic rings. The Morgan fingerprint density at radius 1 is 0.920 bits per heavy atom. The van der Waals surface area contributed by atoms with Crippen LogP contribution in [0.15, 0.2) is 78.5 Å². The van der Waals surface area contributed by atoms with E-state index < -0.39 is 0 Å². The maximum Gasteiger partial charge on any atom is 0.0741 e. The Kier molecular flexibility index (Phi) is 3.10. The van der Waals surface area contributed by atoms with Crippen LogP contribution in [0.2, 0.25) is 0 Å². The van der Waals surface area contributed by atoms with E-state index >= 15 is 0 Å². The fourth-order valence-electron chi connectivity index (χ4n) is 3.77. The van der Waals surface area contributed by atoms with E-state index in [1.165, 1.54) is 33.2 Å². The second kappa shape index (κ2) is 5.45. The third kappa shape index (κ3) is 2.30. The van der Waals surface area contributed by atoms with E-state index in [9.17, 15) is 0 Å². The predicted octanol–water partition coefficient (Wildman–Crippen LogP) is 5.65. The number of nitrogens with zero attached hydrogens (tertiary/aromatic N) is 2. The minimum atomic E-state index is 1.02. The van der Waals surface area contributed by atoms with E-state index in [0.717, 1.165) is 17.6 Å². The molecule has 1 aliphatic carbocycles. The molecule has 0 N–H and O–H groups in total. The van der Waals surface area contributed by atoms with Crippen molar-refractivity contribution in [2.24, 2.45) is 0 Å². The van der Waals surface area contributed by atoms with E-state index in [0.29, 0.717) is 0 Å². The van der Waals surface area contributed by atoms with Gasteiger partial charge in [0.1, 0.15) is 0 Å². The van der Waals surface area contributed by atoms with Crippen LogP contribution in [0.3, 0.4) is 0 Å². The molecule has 0 bridgehead atoms. The molecule has 3 aromatic carbocycles. The van der Waals surface area contributed by atoms with Gasteiger partial charge in [0.15, 0.2) is 0 Å². The maximum absolute atomic E-state index is 4.64. The molecule has 1 aromatic heterocycles. The van der Waals surface area contributed by atoms with Gasteiger partial charge in [0.2, 0.25) is 0 Å². The highest BCUT2D eigenvalue weighted by Gasteiger charge is 2.17. The minimum absolute atomic E-state index is 1.02. The van der Waals surface area contributed by atoms with Crippen LogP contribution < -0.4 is 0 Å². The molecule has 0 fully saturated rings. The van der Waals surface area contributed by atoms with Crippen LogP contribution in [-0.2, 0) is 6.42 Å². The molecule has 0 spiro atoms. The number of para-hydroxylation sites is 1. The highest BCUT2D eigenvalue weighted by Crippen LogP contribution is 2.36. The van der Waals surface area contributed by atoms with Gasteiger partial charge in [0.25, 0.3) is 0 Å². The Morgan fingerprint density at radius 2 is 1.72 bits per heavy atom. The molecule has 5 rings (SSSR count). The van der Waals surface area contributed by atoms with Crippen LogP contribution in [0, 0.1) is 0 Å². The second-order valence-corrected chi connectivity index (χ2v) is 6.71. The zero-order valence-electron chi connectivity index (χ0n) is 14.1. The first-order valence-electron chi connectivity index (χ1n) is 8.62. The van der Waals surface area contributed by atoms with Crippen molar-refractivity contribution < 1.29 is 0 Å². The molecule has 0 radical (unpaired) electrons. The van der Waals surface area contributed by atoms with Crippen molar-refractivity contribution in [1.29, 1.82) is 0 Å². The fourth-order valence-corrected chi connectivity index (χ4v) is 3.77. The number of hydrogen-bond acceptors (Lipinski definition) is 1. The van der Waals surface area contributed by atoms with Gasteiger partial charge in [-0.05, 0) is 53.8 Å². The zero-order chi connectivity index (χ0) is 16.8. The lowest BCUT2D eigenvalue weighted by molar-refractivity contribution is 0.908. The normalized spacial score (nSPS) is 13.1. The largest absolute Gasteiger partial charge is 0.233 e. The summed E-state index contributed by atoms with van der Waals surface area (Å²) in [6.45, 7) is 2.21. The van der Waals surface area contributed by atoms with Gasteiger partial charge in [0, 0.05) is 5.39 Å². The van der Waals surface area contributed by atoms with E-state index in [1.54, 1.807) is 0 Å². The summed E-state index contributed by atoms with van der Waals surface area (Å²) in [4.78, 5) is 0. The van der Waals surface area contributed by atoms with Gasteiger partial charge in [-0.3, -0.25) is 0 Å². The lowest BCUT2D eigenvalue weighted by Gasteiger charge is -2.13. The molecule has 120 valence electrons. The summed E-state index contributed by atoms with van der Waals surface area (Å²) in [5, 5.41) is 5.81. The molecule has 25 heavy (non-hydrogen) atoms. The summed E-state index contributed by atoms with van der Waals surface area (Å²) >= 11 is 0. The highest BCUT2D eigenvalue weighted by atomic mass is 15.3. The Hall–Kier alpha value is -3.13. The Bertz CT molecular complexity index is 1120. The smallest absolute Gasteiger partial charge is 0.0741 e. The van der Waals surface area contributed by atoms with Gasteiger partial charge in [-0.25, -0.2) is 4.68 Å². The average Bonchev–Trinajstić information content (AvgIpc) is 3.24. The molecular formula is C23H18N2. The number of hydrogen-bond donors (Lipinski definition) is 0. The maximum atomic E-state index is 4.64. The Morgan fingerprint density at radius 3 is 2.60 bits per heavy atom. The standard InChI is InChI=1S/C23H18N2/c1-16-11-19-13-20(25-23-10-6-5-9-18(23)15-24-25)14-22(21(19)12-16)17-7-3-2-4-8-17/h2-10,12-15H,11H2,1H3. The lowest BCUT2D eigenvalue weighted by Crippen LogP contribution is -1.99. The number of benzene rings is 3. The number of rotatable bonds is 2. The van der Waals surface area contributed by atoms with Crippen molar-refractivity contribution in [2.45, 2.75) is 13.3 Å². The molecule has 0 saturated heterocycles. The monoisotopic (exact) mass is 322 g/mol. The Labute approximate surface area is 147 Å². The summed E-state index contributed by atoms with van der Waals surface area (Å²) in [7, 11) is 0. The average molecular weight is 322 g/mol. The van der Waals surface area contributed by atoms with Gasteiger partial charge in [0.05, 0.1) is 17.4 Å². The quantitative estimate of drug-likeness (QED) is 0.466. The van der Waals surface area contributed by atoms with Gasteiger partial charge in [-0.15, -0.1) is 0 Å². The minimum Gasteiger partial charge on any atom is -0.233 e. The van der Waals surface area contributed by atoms with Crippen LogP contribution in [0.5, 0.6) is 0 Å². The number of allylic oxidation sites excluding steroid dienone is 1. The Balaban J connectivity index is 1.77. The van der Waals surface area contributed by atoms with Crippen molar-refractivity contribution in [3.05, 3.63) is 89.6 Å². The molecule has 0 saturated carbocycles. The first kappa shape index (κ1) is 14.2. The first-order valence-corrected chi connectivity index (χ1v) is 8.62. The molecule has 0 aliphatic heterocycles. The van der Waals surface area contributed by atoms with Crippen LogP contribution in [0.25, 0.3) is 33.8 Å². The van der Waals surface area contributed by atoms with Crippen LogP contribution in [-0.4, -0.2) is 9.78 Å². The third-order valence-electron chi connectivity index (χ3n) is 4.92.